The van der Waals surface area contributed by atoms with Crippen LogP contribution in [0.25, 0.3) is 0 Å². The molecule has 1 saturated heterocycles. The fraction of sp³-hybridized carbons (Fsp3) is 0.588. The molecule has 2 amide bonds. The van der Waals surface area contributed by atoms with E-state index >= 15 is 0 Å². The number of carbonyl (C=O) groups is 1. The fourth-order valence-corrected chi connectivity index (χ4v) is 3.18. The number of nitrogens with one attached hydrogen (secondary N) is 1. The van der Waals surface area contributed by atoms with Gasteiger partial charge in [0.25, 0.3) is 0 Å². The third kappa shape index (κ3) is 2.99. The van der Waals surface area contributed by atoms with Gasteiger partial charge in [0.15, 0.2) is 0 Å². The molecule has 2 fully saturated rings. The SMILES string of the molecule is COc1ccc(C2(NC(=O)N3CCCC(C)C3)CC2)cc1. The van der Waals surface area contributed by atoms with Gasteiger partial charge in [-0.15, -0.1) is 0 Å². The van der Waals surface area contributed by atoms with E-state index in [1.807, 2.05) is 17.0 Å². The van der Waals surface area contributed by atoms with E-state index in [0.717, 1.165) is 38.1 Å². The molecule has 1 atom stereocenters. The van der Waals surface area contributed by atoms with E-state index in [4.69, 9.17) is 4.74 Å². The Kier molecular flexibility index (Phi) is 3.79. The molecule has 1 aromatic rings. The summed E-state index contributed by atoms with van der Waals surface area (Å²) < 4.78 is 5.19. The van der Waals surface area contributed by atoms with Crippen molar-refractivity contribution in [2.24, 2.45) is 5.92 Å². The van der Waals surface area contributed by atoms with E-state index in [1.165, 1.54) is 12.0 Å². The highest BCUT2D eigenvalue weighted by atomic mass is 16.5. The van der Waals surface area contributed by atoms with Gasteiger partial charge in [-0.1, -0.05) is 19.1 Å². The Labute approximate surface area is 126 Å². The zero-order valence-electron chi connectivity index (χ0n) is 12.9. The largest absolute Gasteiger partial charge is 0.497 e. The summed E-state index contributed by atoms with van der Waals surface area (Å²) in [6, 6.07) is 8.14. The average molecular weight is 288 g/mol. The van der Waals surface area contributed by atoms with Crippen LogP contribution in [0.2, 0.25) is 0 Å². The number of benzene rings is 1. The predicted molar refractivity (Wildman–Crippen MR) is 82.4 cm³/mol. The van der Waals surface area contributed by atoms with Crippen molar-refractivity contribution in [1.29, 1.82) is 0 Å². The van der Waals surface area contributed by atoms with Crippen molar-refractivity contribution >= 4 is 6.03 Å². The van der Waals surface area contributed by atoms with Gasteiger partial charge in [-0.3, -0.25) is 0 Å². The van der Waals surface area contributed by atoms with E-state index in [2.05, 4.69) is 24.4 Å². The maximum Gasteiger partial charge on any atom is 0.318 e. The maximum atomic E-state index is 12.5. The Balaban J connectivity index is 1.66. The number of likely N-dealkylation sites (tertiary alicyclic amines) is 1. The predicted octanol–water partition coefficient (Wildman–Crippen LogP) is 3.13. The van der Waals surface area contributed by atoms with E-state index in [1.54, 1.807) is 7.11 Å². The normalized spacial score (nSPS) is 23.5. The van der Waals surface area contributed by atoms with Crippen molar-refractivity contribution in [3.63, 3.8) is 0 Å². The van der Waals surface area contributed by atoms with Crippen molar-refractivity contribution < 1.29 is 9.53 Å². The second-order valence-electron chi connectivity index (χ2n) is 6.43. The number of carbonyl (C=O) groups excluding carboxylic acids is 1. The van der Waals surface area contributed by atoms with Crippen LogP contribution in [0.4, 0.5) is 4.79 Å². The molecule has 4 nitrogen and oxygen atoms in total. The van der Waals surface area contributed by atoms with Crippen LogP contribution < -0.4 is 10.1 Å². The lowest BCUT2D eigenvalue weighted by molar-refractivity contribution is 0.165. The van der Waals surface area contributed by atoms with Gasteiger partial charge in [0.05, 0.1) is 12.6 Å². The zero-order chi connectivity index (χ0) is 14.9. The van der Waals surface area contributed by atoms with Gasteiger partial charge < -0.3 is 15.0 Å². The molecular formula is C17H24N2O2. The molecule has 1 saturated carbocycles. The number of methoxy groups -OCH3 is 1. The molecule has 1 unspecified atom stereocenters. The first-order chi connectivity index (χ1) is 10.1. The molecule has 1 N–H and O–H groups in total. The molecule has 21 heavy (non-hydrogen) atoms. The molecule has 2 aliphatic rings. The van der Waals surface area contributed by atoms with Crippen LogP contribution in [0.1, 0.15) is 38.2 Å². The number of nitrogens with zero attached hydrogens (tertiary/aromatic N) is 1. The Morgan fingerprint density at radius 3 is 2.62 bits per heavy atom. The summed E-state index contributed by atoms with van der Waals surface area (Å²) in [5, 5.41) is 3.26. The summed E-state index contributed by atoms with van der Waals surface area (Å²) in [5.41, 5.74) is 1.03. The van der Waals surface area contributed by atoms with E-state index < -0.39 is 0 Å². The number of ether oxygens (including phenoxy) is 1. The second-order valence-corrected chi connectivity index (χ2v) is 6.43. The molecule has 1 aliphatic heterocycles. The van der Waals surface area contributed by atoms with Crippen LogP contribution in [0.3, 0.4) is 0 Å². The standard InChI is InChI=1S/C17H24N2O2/c1-13-4-3-11-19(12-13)16(20)18-17(9-10-17)14-5-7-15(21-2)8-6-14/h5-8,13H,3-4,9-12H2,1-2H3,(H,18,20). The monoisotopic (exact) mass is 288 g/mol. The smallest absolute Gasteiger partial charge is 0.318 e. The molecule has 0 radical (unpaired) electrons. The van der Waals surface area contributed by atoms with E-state index in [0.29, 0.717) is 5.92 Å². The summed E-state index contributed by atoms with van der Waals surface area (Å²) in [5.74, 6) is 1.46. The summed E-state index contributed by atoms with van der Waals surface area (Å²) in [4.78, 5) is 14.5. The van der Waals surface area contributed by atoms with E-state index in [-0.39, 0.29) is 11.6 Å². The molecule has 3 rings (SSSR count). The van der Waals surface area contributed by atoms with Crippen LogP contribution >= 0.6 is 0 Å². The minimum absolute atomic E-state index is 0.0925. The first-order valence-electron chi connectivity index (χ1n) is 7.84. The molecule has 0 aromatic heterocycles. The summed E-state index contributed by atoms with van der Waals surface area (Å²) in [6.07, 6.45) is 4.39. The van der Waals surface area contributed by atoms with Crippen molar-refractivity contribution in [1.82, 2.24) is 10.2 Å². The third-order valence-corrected chi connectivity index (χ3v) is 4.68. The Bertz CT molecular complexity index is 508. The van der Waals surface area contributed by atoms with Crippen molar-refractivity contribution in [2.45, 2.75) is 38.1 Å². The Morgan fingerprint density at radius 1 is 1.33 bits per heavy atom. The van der Waals surface area contributed by atoms with Crippen LogP contribution in [0.5, 0.6) is 5.75 Å². The Morgan fingerprint density at radius 2 is 2.05 bits per heavy atom. The molecule has 0 bridgehead atoms. The average Bonchev–Trinajstić information content (AvgIpc) is 3.28. The lowest BCUT2D eigenvalue weighted by Crippen LogP contribution is -2.48. The number of hydrogen-bond donors (Lipinski definition) is 1. The quantitative estimate of drug-likeness (QED) is 0.928. The third-order valence-electron chi connectivity index (χ3n) is 4.68. The van der Waals surface area contributed by atoms with Crippen LogP contribution in [0, 0.1) is 5.92 Å². The molecule has 1 aliphatic carbocycles. The first kappa shape index (κ1) is 14.2. The van der Waals surface area contributed by atoms with Crippen molar-refractivity contribution in [3.05, 3.63) is 29.8 Å². The van der Waals surface area contributed by atoms with Gasteiger partial charge in [-0.05, 0) is 49.3 Å². The summed E-state index contributed by atoms with van der Waals surface area (Å²) in [6.45, 7) is 3.98. The molecule has 4 heteroatoms. The second kappa shape index (κ2) is 5.58. The summed E-state index contributed by atoms with van der Waals surface area (Å²) in [7, 11) is 1.67. The number of piperidine rings is 1. The first-order valence-corrected chi connectivity index (χ1v) is 7.84. The zero-order valence-corrected chi connectivity index (χ0v) is 12.9. The minimum atomic E-state index is -0.149. The van der Waals surface area contributed by atoms with E-state index in [9.17, 15) is 4.79 Å². The van der Waals surface area contributed by atoms with Crippen LogP contribution in [-0.4, -0.2) is 31.1 Å². The van der Waals surface area contributed by atoms with Gasteiger partial charge >= 0.3 is 6.03 Å². The maximum absolute atomic E-state index is 12.5. The van der Waals surface area contributed by atoms with Gasteiger partial charge in [-0.2, -0.15) is 0 Å². The number of rotatable bonds is 3. The molecule has 1 heterocycles. The molecule has 1 aromatic carbocycles. The topological polar surface area (TPSA) is 41.6 Å². The number of urea groups is 1. The number of amides is 2. The molecule has 0 spiro atoms. The minimum Gasteiger partial charge on any atom is -0.497 e. The van der Waals surface area contributed by atoms with Crippen molar-refractivity contribution in [3.8, 4) is 5.75 Å². The van der Waals surface area contributed by atoms with Gasteiger partial charge in [0, 0.05) is 13.1 Å². The van der Waals surface area contributed by atoms with Crippen LogP contribution in [0.15, 0.2) is 24.3 Å². The highest BCUT2D eigenvalue weighted by molar-refractivity contribution is 5.76. The lowest BCUT2D eigenvalue weighted by atomic mass is 10.0. The molecular weight excluding hydrogens is 264 g/mol. The lowest BCUT2D eigenvalue weighted by Gasteiger charge is -2.32. The fourth-order valence-electron chi connectivity index (χ4n) is 3.18. The Hall–Kier alpha value is -1.71. The van der Waals surface area contributed by atoms with Crippen LogP contribution in [-0.2, 0) is 5.54 Å². The summed E-state index contributed by atoms with van der Waals surface area (Å²) >= 11 is 0. The highest BCUT2D eigenvalue weighted by Crippen LogP contribution is 2.46. The number of hydrogen-bond acceptors (Lipinski definition) is 2. The van der Waals surface area contributed by atoms with Crippen molar-refractivity contribution in [2.75, 3.05) is 20.2 Å². The van der Waals surface area contributed by atoms with Gasteiger partial charge in [-0.25, -0.2) is 4.79 Å². The van der Waals surface area contributed by atoms with Gasteiger partial charge in [0.1, 0.15) is 5.75 Å². The van der Waals surface area contributed by atoms with Gasteiger partial charge in [0.2, 0.25) is 0 Å². The highest BCUT2D eigenvalue weighted by Gasteiger charge is 2.46. The molecule has 114 valence electrons.